The monoisotopic (exact) mass is 276 g/mol. The van der Waals surface area contributed by atoms with E-state index in [9.17, 15) is 14.4 Å². The molecule has 110 valence electrons. The summed E-state index contributed by atoms with van der Waals surface area (Å²) < 4.78 is 34.6. The number of ketones is 1. The molecule has 0 aromatic carbocycles. The first-order valence-corrected chi connectivity index (χ1v) is 6.32. The second-order valence-corrected chi connectivity index (χ2v) is 4.27. The third-order valence-electron chi connectivity index (χ3n) is 2.60. The van der Waals surface area contributed by atoms with E-state index in [1.165, 1.54) is 6.92 Å². The first-order chi connectivity index (χ1) is 10.4. The Bertz CT molecular complexity index is 437. The maximum Gasteiger partial charge on any atom is 0.305 e. The van der Waals surface area contributed by atoms with E-state index in [0.29, 0.717) is 19.3 Å². The van der Waals surface area contributed by atoms with E-state index in [-0.39, 0.29) is 18.3 Å². The van der Waals surface area contributed by atoms with E-state index < -0.39 is 37.5 Å². The molecular formula is C14H24O5. The van der Waals surface area contributed by atoms with Gasteiger partial charge in [0, 0.05) is 24.6 Å². The van der Waals surface area contributed by atoms with Gasteiger partial charge in [0.2, 0.25) is 0 Å². The minimum atomic E-state index is -2.60. The minimum Gasteiger partial charge on any atom is -0.481 e. The Morgan fingerprint density at radius 1 is 1.26 bits per heavy atom. The lowest BCUT2D eigenvalue weighted by molar-refractivity contribution is -0.145. The standard InChI is InChI=1S/C14H24O5/c1-3-12(9-8-11(2)15)10-19-14(18)7-5-4-6-13(16)17/h12H,3-10H2,1-2H3,(H,16,17)/i6D2,7D2. The number of rotatable bonds is 11. The van der Waals surface area contributed by atoms with E-state index in [0.717, 1.165) is 0 Å². The quantitative estimate of drug-likeness (QED) is 0.587. The van der Waals surface area contributed by atoms with Crippen LogP contribution in [0.1, 0.15) is 64.2 Å². The summed E-state index contributed by atoms with van der Waals surface area (Å²) in [4.78, 5) is 33.4. The molecule has 0 fully saturated rings. The van der Waals surface area contributed by atoms with Crippen LogP contribution in [-0.2, 0) is 19.1 Å². The van der Waals surface area contributed by atoms with Crippen LogP contribution in [0.25, 0.3) is 0 Å². The van der Waals surface area contributed by atoms with Crippen LogP contribution in [-0.4, -0.2) is 29.4 Å². The van der Waals surface area contributed by atoms with Crippen molar-refractivity contribution in [2.45, 2.75) is 58.7 Å². The van der Waals surface area contributed by atoms with Crippen LogP contribution in [0.5, 0.6) is 0 Å². The van der Waals surface area contributed by atoms with Crippen LogP contribution in [0, 0.1) is 5.92 Å². The third kappa shape index (κ3) is 11.4. The van der Waals surface area contributed by atoms with Crippen molar-refractivity contribution in [1.82, 2.24) is 0 Å². The molecule has 0 bridgehead atoms. The second-order valence-electron chi connectivity index (χ2n) is 4.27. The number of aliphatic carboxylic acids is 1. The molecule has 0 aliphatic heterocycles. The molecule has 0 aromatic rings. The summed E-state index contributed by atoms with van der Waals surface area (Å²) in [5.74, 6) is -2.86. The van der Waals surface area contributed by atoms with Gasteiger partial charge in [-0.05, 0) is 32.1 Å². The number of carboxylic acid groups (broad SMARTS) is 1. The number of hydrogen-bond donors (Lipinski definition) is 1. The first kappa shape index (κ1) is 11.4. The number of carbonyl (C=O) groups excluding carboxylic acids is 2. The number of esters is 1. The Labute approximate surface area is 119 Å². The largest absolute Gasteiger partial charge is 0.481 e. The van der Waals surface area contributed by atoms with Gasteiger partial charge in [0.15, 0.2) is 0 Å². The highest BCUT2D eigenvalue weighted by molar-refractivity contribution is 5.75. The Hall–Kier alpha value is -1.39. The van der Waals surface area contributed by atoms with Crippen molar-refractivity contribution in [2.75, 3.05) is 6.61 Å². The zero-order chi connectivity index (χ0) is 18.3. The molecule has 0 rings (SSSR count). The van der Waals surface area contributed by atoms with Crippen molar-refractivity contribution >= 4 is 17.7 Å². The molecule has 1 unspecified atom stereocenters. The summed E-state index contributed by atoms with van der Waals surface area (Å²) in [5.41, 5.74) is 0. The zero-order valence-electron chi connectivity index (χ0n) is 15.4. The number of ether oxygens (including phenoxy) is 1. The molecular weight excluding hydrogens is 248 g/mol. The van der Waals surface area contributed by atoms with Gasteiger partial charge < -0.3 is 14.6 Å². The molecule has 0 spiro atoms. The van der Waals surface area contributed by atoms with E-state index in [1.807, 2.05) is 6.92 Å². The maximum atomic E-state index is 11.8. The molecule has 0 saturated heterocycles. The van der Waals surface area contributed by atoms with Crippen LogP contribution in [0.15, 0.2) is 0 Å². The van der Waals surface area contributed by atoms with Crippen molar-refractivity contribution in [3.8, 4) is 0 Å². The Morgan fingerprint density at radius 3 is 2.42 bits per heavy atom. The molecule has 0 saturated carbocycles. The Morgan fingerprint density at radius 2 is 1.89 bits per heavy atom. The summed E-state index contributed by atoms with van der Waals surface area (Å²) in [6.45, 7) is 3.32. The van der Waals surface area contributed by atoms with Gasteiger partial charge in [-0.3, -0.25) is 9.59 Å². The zero-order valence-corrected chi connectivity index (χ0v) is 11.4. The molecule has 0 amide bonds. The van der Waals surface area contributed by atoms with Gasteiger partial charge in [0.25, 0.3) is 0 Å². The predicted molar refractivity (Wildman–Crippen MR) is 70.8 cm³/mol. The molecule has 5 heteroatoms. The summed E-state index contributed by atoms with van der Waals surface area (Å²) in [5, 5.41) is 8.65. The fourth-order valence-electron chi connectivity index (χ4n) is 1.39. The molecule has 0 aliphatic rings. The van der Waals surface area contributed by atoms with Crippen LogP contribution in [0.3, 0.4) is 0 Å². The Balaban J connectivity index is 4.45. The predicted octanol–water partition coefficient (Wildman–Crippen LogP) is 2.57. The van der Waals surface area contributed by atoms with Crippen molar-refractivity contribution in [2.24, 2.45) is 5.92 Å². The highest BCUT2D eigenvalue weighted by Gasteiger charge is 2.11. The topological polar surface area (TPSA) is 80.7 Å². The highest BCUT2D eigenvalue weighted by Crippen LogP contribution is 2.12. The van der Waals surface area contributed by atoms with E-state index in [4.69, 9.17) is 15.3 Å². The normalized spacial score (nSPS) is 16.5. The average Bonchev–Trinajstić information content (AvgIpc) is 2.44. The van der Waals surface area contributed by atoms with Gasteiger partial charge in [0.05, 0.1) is 6.61 Å². The number of carbonyl (C=O) groups is 3. The van der Waals surface area contributed by atoms with Gasteiger partial charge in [-0.15, -0.1) is 0 Å². The number of hydrogen-bond acceptors (Lipinski definition) is 4. The lowest BCUT2D eigenvalue weighted by atomic mass is 10.0. The van der Waals surface area contributed by atoms with Gasteiger partial charge in [-0.1, -0.05) is 13.3 Å². The minimum absolute atomic E-state index is 0.0199. The molecule has 19 heavy (non-hydrogen) atoms. The van der Waals surface area contributed by atoms with E-state index in [2.05, 4.69) is 0 Å². The summed E-state index contributed by atoms with van der Waals surface area (Å²) >= 11 is 0. The van der Waals surface area contributed by atoms with Gasteiger partial charge in [-0.25, -0.2) is 0 Å². The van der Waals surface area contributed by atoms with Crippen molar-refractivity contribution < 1.29 is 29.7 Å². The maximum absolute atomic E-state index is 11.8. The van der Waals surface area contributed by atoms with Crippen LogP contribution in [0.4, 0.5) is 0 Å². The van der Waals surface area contributed by atoms with E-state index in [1.54, 1.807) is 0 Å². The smallest absolute Gasteiger partial charge is 0.305 e. The molecule has 0 radical (unpaired) electrons. The fraction of sp³-hybridized carbons (Fsp3) is 0.786. The molecule has 1 atom stereocenters. The van der Waals surface area contributed by atoms with Gasteiger partial charge in [0.1, 0.15) is 5.78 Å². The average molecular weight is 276 g/mol. The van der Waals surface area contributed by atoms with E-state index >= 15 is 0 Å². The summed E-state index contributed by atoms with van der Waals surface area (Å²) in [6, 6.07) is 0. The van der Waals surface area contributed by atoms with Crippen molar-refractivity contribution in [1.29, 1.82) is 0 Å². The number of carboxylic acids is 1. The second kappa shape index (κ2) is 10.5. The van der Waals surface area contributed by atoms with Gasteiger partial charge >= 0.3 is 11.9 Å². The molecule has 0 aromatic heterocycles. The SMILES string of the molecule is [2H]C([2H])(CCC([2H])([2H])C(=O)OCC(CC)CCC(C)=O)C(=O)O. The molecule has 5 nitrogen and oxygen atoms in total. The van der Waals surface area contributed by atoms with Crippen molar-refractivity contribution in [3.63, 3.8) is 0 Å². The molecule has 0 heterocycles. The van der Waals surface area contributed by atoms with Crippen molar-refractivity contribution in [3.05, 3.63) is 0 Å². The van der Waals surface area contributed by atoms with Crippen LogP contribution in [0.2, 0.25) is 0 Å². The molecule has 0 aliphatic carbocycles. The van der Waals surface area contributed by atoms with Gasteiger partial charge in [-0.2, -0.15) is 0 Å². The van der Waals surface area contributed by atoms with Crippen LogP contribution >= 0.6 is 0 Å². The lowest BCUT2D eigenvalue weighted by Crippen LogP contribution is -2.14. The lowest BCUT2D eigenvalue weighted by Gasteiger charge is -2.14. The first-order valence-electron chi connectivity index (χ1n) is 8.32. The fourth-order valence-corrected chi connectivity index (χ4v) is 1.39. The number of Topliss-reactive ketones (excluding diaryl/α,β-unsaturated/α-hetero) is 1. The Kier molecular flexibility index (Phi) is 6.34. The third-order valence-corrected chi connectivity index (χ3v) is 2.60. The van der Waals surface area contributed by atoms with Crippen LogP contribution < -0.4 is 0 Å². The molecule has 1 N–H and O–H groups in total. The summed E-state index contributed by atoms with van der Waals surface area (Å²) in [6.07, 6.45) is -4.69. The highest BCUT2D eigenvalue weighted by atomic mass is 16.5. The summed E-state index contributed by atoms with van der Waals surface area (Å²) in [7, 11) is 0.